The Hall–Kier alpha value is -3.42. The Labute approximate surface area is 150 Å². The molecule has 0 bridgehead atoms. The van der Waals surface area contributed by atoms with Crippen LogP contribution in [0.1, 0.15) is 10.6 Å². The van der Waals surface area contributed by atoms with E-state index in [0.29, 0.717) is 5.82 Å². The molecule has 1 aliphatic heterocycles. The lowest BCUT2D eigenvalue weighted by Crippen LogP contribution is -2.47. The molecule has 0 spiro atoms. The van der Waals surface area contributed by atoms with Crippen LogP contribution in [0, 0.1) is 0 Å². The van der Waals surface area contributed by atoms with E-state index in [1.54, 1.807) is 36.8 Å². The van der Waals surface area contributed by atoms with Crippen molar-refractivity contribution in [3.8, 4) is 0 Å². The summed E-state index contributed by atoms with van der Waals surface area (Å²) in [7, 11) is 0. The molecule has 0 aromatic carbocycles. The minimum absolute atomic E-state index is 0.259. The van der Waals surface area contributed by atoms with E-state index in [-0.39, 0.29) is 11.7 Å². The predicted molar refractivity (Wildman–Crippen MR) is 97.4 cm³/mol. The summed E-state index contributed by atoms with van der Waals surface area (Å²) in [6, 6.07) is 8.85. The van der Waals surface area contributed by atoms with Gasteiger partial charge in [0.15, 0.2) is 5.76 Å². The molecule has 1 amide bonds. The molecule has 0 aliphatic carbocycles. The number of anilines is 3. The Morgan fingerprint density at radius 2 is 1.73 bits per heavy atom. The molecule has 3 aromatic rings. The highest BCUT2D eigenvalue weighted by Gasteiger charge is 2.19. The first kappa shape index (κ1) is 16.1. The summed E-state index contributed by atoms with van der Waals surface area (Å²) in [4.78, 5) is 29.3. The zero-order valence-corrected chi connectivity index (χ0v) is 14.1. The summed E-state index contributed by atoms with van der Waals surface area (Å²) in [5.74, 6) is 1.20. The van der Waals surface area contributed by atoms with Gasteiger partial charge in [-0.2, -0.15) is 0 Å². The van der Waals surface area contributed by atoms with Gasteiger partial charge in [0.1, 0.15) is 5.82 Å². The first-order valence-corrected chi connectivity index (χ1v) is 8.37. The van der Waals surface area contributed by atoms with Gasteiger partial charge in [0, 0.05) is 38.6 Å². The quantitative estimate of drug-likeness (QED) is 0.770. The fraction of sp³-hybridized carbons (Fsp3) is 0.222. The number of carbonyl (C=O) groups is 1. The van der Waals surface area contributed by atoms with Crippen molar-refractivity contribution in [2.45, 2.75) is 0 Å². The number of hydrogen-bond donors (Lipinski definition) is 1. The number of nitrogens with zero attached hydrogens (tertiary/aromatic N) is 5. The van der Waals surface area contributed by atoms with Gasteiger partial charge in [-0.3, -0.25) is 4.79 Å². The highest BCUT2D eigenvalue weighted by molar-refractivity contribution is 6.01. The minimum Gasteiger partial charge on any atom is -0.459 e. The van der Waals surface area contributed by atoms with Crippen LogP contribution in [0.25, 0.3) is 0 Å². The summed E-state index contributed by atoms with van der Waals surface area (Å²) in [6.45, 7) is 3.41. The highest BCUT2D eigenvalue weighted by atomic mass is 16.3. The van der Waals surface area contributed by atoms with Crippen LogP contribution in [0.2, 0.25) is 0 Å². The number of hydrogen-bond acceptors (Lipinski definition) is 7. The van der Waals surface area contributed by atoms with Crippen molar-refractivity contribution in [3.63, 3.8) is 0 Å². The number of amides is 1. The van der Waals surface area contributed by atoms with Gasteiger partial charge in [-0.15, -0.1) is 0 Å². The molecular weight excluding hydrogens is 332 g/mol. The number of nitrogens with one attached hydrogen (secondary N) is 1. The summed E-state index contributed by atoms with van der Waals surface area (Å²) in [6.07, 6.45) is 6.75. The first-order chi connectivity index (χ1) is 12.8. The van der Waals surface area contributed by atoms with Crippen LogP contribution in [0.15, 0.2) is 59.6 Å². The number of furan rings is 1. The van der Waals surface area contributed by atoms with Crippen LogP contribution in [-0.2, 0) is 0 Å². The fourth-order valence-electron chi connectivity index (χ4n) is 2.85. The van der Waals surface area contributed by atoms with E-state index in [4.69, 9.17) is 4.42 Å². The molecule has 1 aliphatic rings. The van der Waals surface area contributed by atoms with Crippen molar-refractivity contribution >= 4 is 23.4 Å². The fourth-order valence-corrected chi connectivity index (χ4v) is 2.85. The van der Waals surface area contributed by atoms with Crippen molar-refractivity contribution in [2.24, 2.45) is 0 Å². The van der Waals surface area contributed by atoms with Gasteiger partial charge in [-0.25, -0.2) is 15.0 Å². The number of rotatable bonds is 4. The average molecular weight is 350 g/mol. The van der Waals surface area contributed by atoms with Gasteiger partial charge in [-0.05, 0) is 30.3 Å². The Morgan fingerprint density at radius 1 is 0.962 bits per heavy atom. The van der Waals surface area contributed by atoms with E-state index in [1.165, 1.54) is 6.26 Å². The number of piperazine rings is 1. The van der Waals surface area contributed by atoms with E-state index in [2.05, 4.69) is 30.1 Å². The molecule has 8 nitrogen and oxygen atoms in total. The molecule has 0 atom stereocenters. The molecule has 3 aromatic heterocycles. The Bertz CT molecular complexity index is 843. The predicted octanol–water partition coefficient (Wildman–Crippen LogP) is 2.04. The second kappa shape index (κ2) is 7.22. The van der Waals surface area contributed by atoms with Gasteiger partial charge >= 0.3 is 0 Å². The lowest BCUT2D eigenvalue weighted by molar-refractivity contribution is 0.0996. The van der Waals surface area contributed by atoms with Gasteiger partial charge in [0.2, 0.25) is 5.95 Å². The summed E-state index contributed by atoms with van der Waals surface area (Å²) in [5, 5.41) is 2.72. The molecule has 4 rings (SSSR count). The molecule has 26 heavy (non-hydrogen) atoms. The van der Waals surface area contributed by atoms with Crippen LogP contribution in [0.4, 0.5) is 17.5 Å². The second-order valence-corrected chi connectivity index (χ2v) is 5.86. The molecule has 132 valence electrons. The van der Waals surface area contributed by atoms with Crippen LogP contribution in [0.5, 0.6) is 0 Å². The standard InChI is InChI=1S/C18H18N6O2/c25-17(15-3-1-12-26-15)22-16-5-4-14(13-21-16)23-8-10-24(11-9-23)18-19-6-2-7-20-18/h1-7,12-13H,8-11H2,(H,21,22,25). The molecule has 8 heteroatoms. The van der Waals surface area contributed by atoms with Crippen molar-refractivity contribution in [3.05, 3.63) is 60.9 Å². The third kappa shape index (κ3) is 3.49. The lowest BCUT2D eigenvalue weighted by Gasteiger charge is -2.35. The Balaban J connectivity index is 1.35. The first-order valence-electron chi connectivity index (χ1n) is 8.37. The molecule has 1 fully saturated rings. The highest BCUT2D eigenvalue weighted by Crippen LogP contribution is 2.19. The van der Waals surface area contributed by atoms with E-state index in [1.807, 2.05) is 12.1 Å². The van der Waals surface area contributed by atoms with E-state index in [0.717, 1.165) is 37.8 Å². The van der Waals surface area contributed by atoms with Gasteiger partial charge in [0.05, 0.1) is 18.1 Å². The van der Waals surface area contributed by atoms with Crippen LogP contribution < -0.4 is 15.1 Å². The van der Waals surface area contributed by atoms with Gasteiger partial charge < -0.3 is 19.5 Å². The average Bonchev–Trinajstić information content (AvgIpc) is 3.25. The maximum absolute atomic E-state index is 12.0. The van der Waals surface area contributed by atoms with E-state index >= 15 is 0 Å². The largest absolute Gasteiger partial charge is 0.459 e. The van der Waals surface area contributed by atoms with Gasteiger partial charge in [0.25, 0.3) is 5.91 Å². The van der Waals surface area contributed by atoms with Crippen molar-refractivity contribution in [1.29, 1.82) is 0 Å². The summed E-state index contributed by atoms with van der Waals surface area (Å²) < 4.78 is 5.07. The topological polar surface area (TPSA) is 87.4 Å². The third-order valence-electron chi connectivity index (χ3n) is 4.21. The maximum Gasteiger partial charge on any atom is 0.292 e. The van der Waals surface area contributed by atoms with Crippen LogP contribution >= 0.6 is 0 Å². The Kier molecular flexibility index (Phi) is 4.46. The van der Waals surface area contributed by atoms with E-state index < -0.39 is 0 Å². The zero-order chi connectivity index (χ0) is 17.8. The molecular formula is C18H18N6O2. The Morgan fingerprint density at radius 3 is 2.38 bits per heavy atom. The van der Waals surface area contributed by atoms with Crippen molar-refractivity contribution in [2.75, 3.05) is 41.3 Å². The molecule has 4 heterocycles. The summed E-state index contributed by atoms with van der Waals surface area (Å²) in [5.41, 5.74) is 1.02. The second-order valence-electron chi connectivity index (χ2n) is 5.86. The number of pyridine rings is 1. The smallest absolute Gasteiger partial charge is 0.292 e. The number of aromatic nitrogens is 3. The SMILES string of the molecule is O=C(Nc1ccc(N2CCN(c3ncccn3)CC2)cn1)c1ccco1. The molecule has 1 saturated heterocycles. The van der Waals surface area contributed by atoms with Crippen LogP contribution in [-0.4, -0.2) is 47.0 Å². The summed E-state index contributed by atoms with van der Waals surface area (Å²) >= 11 is 0. The zero-order valence-electron chi connectivity index (χ0n) is 14.1. The van der Waals surface area contributed by atoms with Crippen molar-refractivity contribution < 1.29 is 9.21 Å². The molecule has 0 unspecified atom stereocenters. The maximum atomic E-state index is 12.0. The molecule has 0 saturated carbocycles. The number of carbonyl (C=O) groups excluding carboxylic acids is 1. The van der Waals surface area contributed by atoms with Crippen molar-refractivity contribution in [1.82, 2.24) is 15.0 Å². The van der Waals surface area contributed by atoms with E-state index in [9.17, 15) is 4.79 Å². The molecule has 1 N–H and O–H groups in total. The minimum atomic E-state index is -0.313. The van der Waals surface area contributed by atoms with Crippen LogP contribution in [0.3, 0.4) is 0 Å². The monoisotopic (exact) mass is 350 g/mol. The normalized spacial score (nSPS) is 14.3. The lowest BCUT2D eigenvalue weighted by atomic mass is 10.3. The third-order valence-corrected chi connectivity index (χ3v) is 4.21. The van der Waals surface area contributed by atoms with Gasteiger partial charge in [-0.1, -0.05) is 0 Å². The molecule has 0 radical (unpaired) electrons.